The molecule has 4 rings (SSSR count). The standard InChI is InChI=1S/C19H26N6O2S/c1-2-3-8-27-19-23-15-12(9-22-16(15)18(20)24-19)17(26)13-10-21-14(28-13)11-25-6-4-5-7-25/h9-10,17,22,26H,2-8,11H2,1H3,(H2,20,23,24)/t17-/m0/s1. The maximum absolute atomic E-state index is 10.9. The van der Waals surface area contributed by atoms with Crippen molar-refractivity contribution in [2.75, 3.05) is 25.4 Å². The lowest BCUT2D eigenvalue weighted by molar-refractivity contribution is 0.225. The normalized spacial score (nSPS) is 16.1. The average Bonchev–Trinajstić information content (AvgIpc) is 3.42. The average molecular weight is 403 g/mol. The number of aliphatic hydroxyl groups is 1. The first kappa shape index (κ1) is 19.1. The van der Waals surface area contributed by atoms with E-state index in [4.69, 9.17) is 10.5 Å². The molecule has 0 aromatic carbocycles. The number of nitrogen functional groups attached to an aromatic ring is 1. The number of nitrogens with one attached hydrogen (secondary N) is 1. The molecule has 9 heteroatoms. The minimum atomic E-state index is -0.823. The molecule has 150 valence electrons. The second-order valence-corrected chi connectivity index (χ2v) is 8.25. The molecule has 0 spiro atoms. The number of hydrogen-bond acceptors (Lipinski definition) is 8. The van der Waals surface area contributed by atoms with Crippen LogP contribution in [0.3, 0.4) is 0 Å². The van der Waals surface area contributed by atoms with Crippen LogP contribution in [0, 0.1) is 0 Å². The minimum absolute atomic E-state index is 0.241. The van der Waals surface area contributed by atoms with E-state index < -0.39 is 6.10 Å². The Kier molecular flexibility index (Phi) is 5.74. The van der Waals surface area contributed by atoms with Gasteiger partial charge < -0.3 is 20.6 Å². The summed E-state index contributed by atoms with van der Waals surface area (Å²) in [4.78, 5) is 19.4. The van der Waals surface area contributed by atoms with E-state index in [0.29, 0.717) is 29.0 Å². The van der Waals surface area contributed by atoms with E-state index in [0.717, 1.165) is 42.4 Å². The SMILES string of the molecule is CCCCOc1nc(N)c2[nH]cc([C@H](O)c3cnc(CN4CCCC4)s3)c2n1. The van der Waals surface area contributed by atoms with Gasteiger partial charge in [-0.1, -0.05) is 13.3 Å². The van der Waals surface area contributed by atoms with Crippen LogP contribution in [-0.2, 0) is 6.54 Å². The van der Waals surface area contributed by atoms with E-state index in [1.54, 1.807) is 12.4 Å². The lowest BCUT2D eigenvalue weighted by Gasteiger charge is -2.11. The predicted molar refractivity (Wildman–Crippen MR) is 109 cm³/mol. The Labute approximate surface area is 167 Å². The lowest BCUT2D eigenvalue weighted by atomic mass is 10.1. The Hall–Kier alpha value is -2.23. The molecule has 4 heterocycles. The summed E-state index contributed by atoms with van der Waals surface area (Å²) >= 11 is 1.54. The third kappa shape index (κ3) is 3.96. The van der Waals surface area contributed by atoms with Gasteiger partial charge in [-0.3, -0.25) is 4.90 Å². The van der Waals surface area contributed by atoms with Crippen molar-refractivity contribution < 1.29 is 9.84 Å². The van der Waals surface area contributed by atoms with E-state index >= 15 is 0 Å². The predicted octanol–water partition coefficient (Wildman–Crippen LogP) is 2.85. The van der Waals surface area contributed by atoms with E-state index in [9.17, 15) is 5.11 Å². The van der Waals surface area contributed by atoms with Crippen LogP contribution in [-0.4, -0.2) is 49.6 Å². The zero-order chi connectivity index (χ0) is 19.5. The zero-order valence-electron chi connectivity index (χ0n) is 16.0. The summed E-state index contributed by atoms with van der Waals surface area (Å²) in [5.74, 6) is 0.314. The summed E-state index contributed by atoms with van der Waals surface area (Å²) in [6, 6.07) is 0.241. The van der Waals surface area contributed by atoms with Crippen molar-refractivity contribution in [1.82, 2.24) is 24.8 Å². The van der Waals surface area contributed by atoms with Gasteiger partial charge in [-0.2, -0.15) is 9.97 Å². The van der Waals surface area contributed by atoms with Gasteiger partial charge in [-0.05, 0) is 32.4 Å². The van der Waals surface area contributed by atoms with E-state index in [-0.39, 0.29) is 6.01 Å². The highest BCUT2D eigenvalue weighted by Gasteiger charge is 2.22. The number of fused-ring (bicyclic) bond motifs is 1. The lowest BCUT2D eigenvalue weighted by Crippen LogP contribution is -2.17. The maximum atomic E-state index is 10.9. The Morgan fingerprint density at radius 2 is 2.18 bits per heavy atom. The summed E-state index contributed by atoms with van der Waals surface area (Å²) < 4.78 is 5.61. The molecule has 0 saturated carbocycles. The molecule has 1 aliphatic rings. The molecule has 1 fully saturated rings. The number of unbranched alkanes of at least 4 members (excludes halogenated alkanes) is 1. The number of anilines is 1. The van der Waals surface area contributed by atoms with Crippen LogP contribution >= 0.6 is 11.3 Å². The summed E-state index contributed by atoms with van der Waals surface area (Å²) in [6.07, 6.45) is 7.11. The van der Waals surface area contributed by atoms with Gasteiger partial charge in [0.25, 0.3) is 0 Å². The van der Waals surface area contributed by atoms with Crippen LogP contribution in [0.1, 0.15) is 54.2 Å². The summed E-state index contributed by atoms with van der Waals surface area (Å²) in [6.45, 7) is 5.72. The number of rotatable bonds is 8. The Balaban J connectivity index is 1.56. The van der Waals surface area contributed by atoms with Crippen LogP contribution < -0.4 is 10.5 Å². The molecule has 0 radical (unpaired) electrons. The summed E-state index contributed by atoms with van der Waals surface area (Å²) in [5.41, 5.74) is 7.90. The van der Waals surface area contributed by atoms with Crippen molar-refractivity contribution in [1.29, 1.82) is 0 Å². The van der Waals surface area contributed by atoms with Crippen molar-refractivity contribution in [2.24, 2.45) is 0 Å². The number of likely N-dealkylation sites (tertiary alicyclic amines) is 1. The molecule has 28 heavy (non-hydrogen) atoms. The molecule has 1 aliphatic heterocycles. The molecule has 4 N–H and O–H groups in total. The fourth-order valence-electron chi connectivity index (χ4n) is 3.42. The minimum Gasteiger partial charge on any atom is -0.463 e. The van der Waals surface area contributed by atoms with Gasteiger partial charge in [-0.15, -0.1) is 11.3 Å². The highest BCUT2D eigenvalue weighted by molar-refractivity contribution is 7.11. The molecule has 3 aromatic rings. The molecule has 0 unspecified atom stereocenters. The second kappa shape index (κ2) is 8.42. The molecule has 1 saturated heterocycles. The van der Waals surface area contributed by atoms with Gasteiger partial charge in [0.05, 0.1) is 18.0 Å². The van der Waals surface area contributed by atoms with Gasteiger partial charge in [0, 0.05) is 18.0 Å². The van der Waals surface area contributed by atoms with Crippen LogP contribution in [0.4, 0.5) is 5.82 Å². The Bertz CT molecular complexity index is 934. The van der Waals surface area contributed by atoms with Gasteiger partial charge in [0.2, 0.25) is 0 Å². The number of aliphatic hydroxyl groups excluding tert-OH is 1. The number of hydrogen-bond donors (Lipinski definition) is 3. The first-order valence-electron chi connectivity index (χ1n) is 9.78. The number of aromatic amines is 1. The third-order valence-corrected chi connectivity index (χ3v) is 6.02. The van der Waals surface area contributed by atoms with Crippen molar-refractivity contribution in [3.05, 3.63) is 27.8 Å². The molecule has 8 nitrogen and oxygen atoms in total. The first-order valence-corrected chi connectivity index (χ1v) is 10.6. The fraction of sp³-hybridized carbons (Fsp3) is 0.526. The van der Waals surface area contributed by atoms with Gasteiger partial charge in [-0.25, -0.2) is 4.98 Å². The van der Waals surface area contributed by atoms with Crippen molar-refractivity contribution >= 4 is 28.2 Å². The van der Waals surface area contributed by atoms with Gasteiger partial charge >= 0.3 is 6.01 Å². The summed E-state index contributed by atoms with van der Waals surface area (Å²) in [5, 5.41) is 12.0. The number of ether oxygens (including phenoxy) is 1. The molecule has 1 atom stereocenters. The van der Waals surface area contributed by atoms with Crippen LogP contribution in [0.5, 0.6) is 6.01 Å². The van der Waals surface area contributed by atoms with Gasteiger partial charge in [0.15, 0.2) is 5.82 Å². The monoisotopic (exact) mass is 402 g/mol. The fourth-order valence-corrected chi connectivity index (χ4v) is 4.38. The quantitative estimate of drug-likeness (QED) is 0.497. The molecular formula is C19H26N6O2S. The van der Waals surface area contributed by atoms with E-state index in [1.807, 2.05) is 0 Å². The first-order chi connectivity index (χ1) is 13.7. The summed E-state index contributed by atoms with van der Waals surface area (Å²) in [7, 11) is 0. The molecular weight excluding hydrogens is 376 g/mol. The van der Waals surface area contributed by atoms with Crippen LogP contribution in [0.15, 0.2) is 12.4 Å². The Morgan fingerprint density at radius 3 is 2.96 bits per heavy atom. The molecule has 0 amide bonds. The number of H-pyrrole nitrogens is 1. The van der Waals surface area contributed by atoms with Crippen molar-refractivity contribution in [3.63, 3.8) is 0 Å². The smallest absolute Gasteiger partial charge is 0.319 e. The highest BCUT2D eigenvalue weighted by Crippen LogP contribution is 2.33. The number of nitrogens with zero attached hydrogens (tertiary/aromatic N) is 4. The zero-order valence-corrected chi connectivity index (χ0v) is 16.8. The largest absolute Gasteiger partial charge is 0.463 e. The van der Waals surface area contributed by atoms with Crippen molar-refractivity contribution in [2.45, 2.75) is 45.3 Å². The topological polar surface area (TPSA) is 113 Å². The second-order valence-electron chi connectivity index (χ2n) is 7.10. The number of aromatic nitrogens is 4. The maximum Gasteiger partial charge on any atom is 0.319 e. The molecule has 3 aromatic heterocycles. The number of thiazole rings is 1. The Morgan fingerprint density at radius 1 is 1.36 bits per heavy atom. The third-order valence-electron chi connectivity index (χ3n) is 4.98. The molecule has 0 bridgehead atoms. The van der Waals surface area contributed by atoms with Crippen molar-refractivity contribution in [3.8, 4) is 6.01 Å². The highest BCUT2D eigenvalue weighted by atomic mass is 32.1. The van der Waals surface area contributed by atoms with Crippen LogP contribution in [0.2, 0.25) is 0 Å². The molecule has 0 aliphatic carbocycles. The van der Waals surface area contributed by atoms with Gasteiger partial charge in [0.1, 0.15) is 22.1 Å². The van der Waals surface area contributed by atoms with E-state index in [1.165, 1.54) is 24.2 Å². The van der Waals surface area contributed by atoms with E-state index in [2.05, 4.69) is 31.8 Å². The van der Waals surface area contributed by atoms with Crippen LogP contribution in [0.25, 0.3) is 11.0 Å². The number of nitrogens with two attached hydrogens (primary N) is 1.